The van der Waals surface area contributed by atoms with Crippen LogP contribution in [-0.4, -0.2) is 19.5 Å². The highest BCUT2D eigenvalue weighted by atomic mass is 16.3. The highest BCUT2D eigenvalue weighted by Crippen LogP contribution is 2.19. The average Bonchev–Trinajstić information content (AvgIpc) is 3.06. The molecule has 4 heteroatoms. The molecular formula is C16H19N3O. The van der Waals surface area contributed by atoms with Gasteiger partial charge < -0.3 is 9.67 Å². The first-order valence-corrected chi connectivity index (χ1v) is 6.90. The summed E-state index contributed by atoms with van der Waals surface area (Å²) in [6, 6.07) is 10.6. The first-order valence-electron chi connectivity index (χ1n) is 6.90. The molecule has 1 N–H and O–H groups in total. The SMILES string of the molecule is CC(C)n1ccc(Cn2ccc3cc(CO)ccc32)n1. The Morgan fingerprint density at radius 2 is 2.00 bits per heavy atom. The molecule has 1 aromatic carbocycles. The van der Waals surface area contributed by atoms with E-state index in [0.717, 1.165) is 23.2 Å². The molecule has 0 fully saturated rings. The van der Waals surface area contributed by atoms with Crippen LogP contribution in [0.4, 0.5) is 0 Å². The van der Waals surface area contributed by atoms with Gasteiger partial charge in [0.25, 0.3) is 0 Å². The zero-order valence-electron chi connectivity index (χ0n) is 11.8. The number of aromatic nitrogens is 3. The van der Waals surface area contributed by atoms with E-state index in [1.807, 2.05) is 23.0 Å². The van der Waals surface area contributed by atoms with Gasteiger partial charge in [-0.15, -0.1) is 0 Å². The van der Waals surface area contributed by atoms with Crippen LogP contribution >= 0.6 is 0 Å². The smallest absolute Gasteiger partial charge is 0.0821 e. The number of nitrogens with zero attached hydrogens (tertiary/aromatic N) is 3. The highest BCUT2D eigenvalue weighted by molar-refractivity contribution is 5.80. The van der Waals surface area contributed by atoms with E-state index in [0.29, 0.717) is 6.04 Å². The second kappa shape index (κ2) is 5.13. The Labute approximate surface area is 118 Å². The Balaban J connectivity index is 1.90. The van der Waals surface area contributed by atoms with E-state index in [4.69, 9.17) is 0 Å². The van der Waals surface area contributed by atoms with Gasteiger partial charge in [0.15, 0.2) is 0 Å². The van der Waals surface area contributed by atoms with Crippen molar-refractivity contribution in [1.29, 1.82) is 0 Å². The summed E-state index contributed by atoms with van der Waals surface area (Å²) < 4.78 is 4.16. The van der Waals surface area contributed by atoms with Crippen molar-refractivity contribution in [2.45, 2.75) is 33.0 Å². The summed E-state index contributed by atoms with van der Waals surface area (Å²) in [6.45, 7) is 5.10. The summed E-state index contributed by atoms with van der Waals surface area (Å²) in [6.07, 6.45) is 4.09. The van der Waals surface area contributed by atoms with Crippen LogP contribution < -0.4 is 0 Å². The molecule has 0 atom stereocenters. The zero-order chi connectivity index (χ0) is 14.1. The minimum atomic E-state index is 0.0832. The van der Waals surface area contributed by atoms with Crippen LogP contribution in [0.3, 0.4) is 0 Å². The molecule has 0 saturated heterocycles. The van der Waals surface area contributed by atoms with Gasteiger partial charge in [-0.25, -0.2) is 0 Å². The molecule has 0 unspecified atom stereocenters. The summed E-state index contributed by atoms with van der Waals surface area (Å²) >= 11 is 0. The lowest BCUT2D eigenvalue weighted by Crippen LogP contribution is -2.04. The van der Waals surface area contributed by atoms with Crippen LogP contribution in [0.2, 0.25) is 0 Å². The van der Waals surface area contributed by atoms with E-state index in [9.17, 15) is 5.11 Å². The fraction of sp³-hybridized carbons (Fsp3) is 0.312. The number of benzene rings is 1. The first kappa shape index (κ1) is 12.9. The maximum atomic E-state index is 9.17. The lowest BCUT2D eigenvalue weighted by molar-refractivity contribution is 0.282. The maximum Gasteiger partial charge on any atom is 0.0821 e. The van der Waals surface area contributed by atoms with Crippen molar-refractivity contribution in [3.63, 3.8) is 0 Å². The summed E-state index contributed by atoms with van der Waals surface area (Å²) in [5.74, 6) is 0. The number of aliphatic hydroxyl groups excluding tert-OH is 1. The quantitative estimate of drug-likeness (QED) is 0.791. The van der Waals surface area contributed by atoms with Crippen molar-refractivity contribution in [1.82, 2.24) is 14.3 Å². The molecule has 0 spiro atoms. The fourth-order valence-electron chi connectivity index (χ4n) is 2.41. The van der Waals surface area contributed by atoms with Crippen LogP contribution in [0.15, 0.2) is 42.7 Å². The van der Waals surface area contributed by atoms with Gasteiger partial charge in [-0.1, -0.05) is 6.07 Å². The van der Waals surface area contributed by atoms with E-state index >= 15 is 0 Å². The fourth-order valence-corrected chi connectivity index (χ4v) is 2.41. The van der Waals surface area contributed by atoms with Crippen molar-refractivity contribution in [2.75, 3.05) is 0 Å². The molecule has 0 bridgehead atoms. The van der Waals surface area contributed by atoms with Crippen LogP contribution in [-0.2, 0) is 13.2 Å². The number of hydrogen-bond donors (Lipinski definition) is 1. The third-order valence-electron chi connectivity index (χ3n) is 3.54. The summed E-state index contributed by atoms with van der Waals surface area (Å²) in [5, 5.41) is 14.9. The van der Waals surface area contributed by atoms with Gasteiger partial charge in [0.2, 0.25) is 0 Å². The van der Waals surface area contributed by atoms with Crippen LogP contribution in [0.25, 0.3) is 10.9 Å². The van der Waals surface area contributed by atoms with Crippen LogP contribution in [0.5, 0.6) is 0 Å². The predicted octanol–water partition coefficient (Wildman–Crippen LogP) is 2.96. The average molecular weight is 269 g/mol. The second-order valence-corrected chi connectivity index (χ2v) is 5.38. The monoisotopic (exact) mass is 269 g/mol. The number of hydrogen-bond acceptors (Lipinski definition) is 2. The molecule has 4 nitrogen and oxygen atoms in total. The molecule has 3 aromatic rings. The van der Waals surface area contributed by atoms with Crippen molar-refractivity contribution >= 4 is 10.9 Å². The van der Waals surface area contributed by atoms with Gasteiger partial charge in [0.05, 0.1) is 18.8 Å². The molecule has 0 aliphatic carbocycles. The molecule has 0 radical (unpaired) electrons. The number of aliphatic hydroxyl groups is 1. The summed E-state index contributed by atoms with van der Waals surface area (Å²) in [7, 11) is 0. The summed E-state index contributed by atoms with van der Waals surface area (Å²) in [5.41, 5.74) is 3.17. The third kappa shape index (κ3) is 2.34. The van der Waals surface area contributed by atoms with Crippen LogP contribution in [0, 0.1) is 0 Å². The van der Waals surface area contributed by atoms with Crippen molar-refractivity contribution in [3.8, 4) is 0 Å². The van der Waals surface area contributed by atoms with E-state index in [1.165, 1.54) is 5.52 Å². The summed E-state index contributed by atoms with van der Waals surface area (Å²) in [4.78, 5) is 0. The van der Waals surface area contributed by atoms with E-state index in [1.54, 1.807) is 0 Å². The Kier molecular flexibility index (Phi) is 3.32. The predicted molar refractivity (Wildman–Crippen MR) is 79.6 cm³/mol. The third-order valence-corrected chi connectivity index (χ3v) is 3.54. The minimum absolute atomic E-state index is 0.0832. The van der Waals surface area contributed by atoms with Gasteiger partial charge in [-0.05, 0) is 49.1 Å². The van der Waals surface area contributed by atoms with Crippen molar-refractivity contribution < 1.29 is 5.11 Å². The number of rotatable bonds is 4. The largest absolute Gasteiger partial charge is 0.392 e. The van der Waals surface area contributed by atoms with Gasteiger partial charge in [-0.3, -0.25) is 4.68 Å². The van der Waals surface area contributed by atoms with Crippen LogP contribution in [0.1, 0.15) is 31.1 Å². The van der Waals surface area contributed by atoms with Gasteiger partial charge >= 0.3 is 0 Å². The normalized spacial score (nSPS) is 11.6. The zero-order valence-corrected chi connectivity index (χ0v) is 11.8. The Morgan fingerprint density at radius 1 is 1.15 bits per heavy atom. The molecule has 20 heavy (non-hydrogen) atoms. The molecule has 2 aromatic heterocycles. The second-order valence-electron chi connectivity index (χ2n) is 5.38. The van der Waals surface area contributed by atoms with Crippen molar-refractivity contribution in [2.24, 2.45) is 0 Å². The maximum absolute atomic E-state index is 9.17. The molecule has 0 saturated carbocycles. The van der Waals surface area contributed by atoms with Crippen molar-refractivity contribution in [3.05, 3.63) is 54.0 Å². The molecule has 104 valence electrons. The van der Waals surface area contributed by atoms with E-state index < -0.39 is 0 Å². The molecule has 2 heterocycles. The molecular weight excluding hydrogens is 250 g/mol. The lowest BCUT2D eigenvalue weighted by atomic mass is 10.2. The topological polar surface area (TPSA) is 43.0 Å². The Bertz CT molecular complexity index is 724. The molecule has 3 rings (SSSR count). The number of fused-ring (bicyclic) bond motifs is 1. The Hall–Kier alpha value is -2.07. The highest BCUT2D eigenvalue weighted by Gasteiger charge is 2.06. The first-order chi connectivity index (χ1) is 9.67. The van der Waals surface area contributed by atoms with E-state index in [-0.39, 0.29) is 6.61 Å². The van der Waals surface area contributed by atoms with Gasteiger partial charge in [0, 0.05) is 24.0 Å². The minimum Gasteiger partial charge on any atom is -0.392 e. The Morgan fingerprint density at radius 3 is 2.70 bits per heavy atom. The standard InChI is InChI=1S/C16H19N3O/c1-12(2)19-8-6-15(17-19)10-18-7-5-14-9-13(11-20)3-4-16(14)18/h3-9,12,20H,10-11H2,1-2H3. The lowest BCUT2D eigenvalue weighted by Gasteiger charge is -2.06. The van der Waals surface area contributed by atoms with Gasteiger partial charge in [-0.2, -0.15) is 5.10 Å². The molecule has 0 aliphatic heterocycles. The molecule has 0 amide bonds. The van der Waals surface area contributed by atoms with Gasteiger partial charge in [0.1, 0.15) is 0 Å². The molecule has 0 aliphatic rings. The van der Waals surface area contributed by atoms with E-state index in [2.05, 4.69) is 47.9 Å².